The number of hydrogen-bond donors (Lipinski definition) is 1. The SMILES string of the molecule is CC1CCN(C(CNS(=O)(=O)c2ccc3c(c2)OCCCO3)c2cccs2)CC1. The van der Waals surface area contributed by atoms with Crippen LogP contribution in [0.1, 0.15) is 37.1 Å². The van der Waals surface area contributed by atoms with Crippen molar-refractivity contribution in [3.05, 3.63) is 40.6 Å². The molecule has 2 aromatic rings. The van der Waals surface area contributed by atoms with Crippen LogP contribution >= 0.6 is 11.3 Å². The molecule has 8 heteroatoms. The van der Waals surface area contributed by atoms with Crippen LogP contribution in [0.4, 0.5) is 0 Å². The van der Waals surface area contributed by atoms with Gasteiger partial charge in [0.25, 0.3) is 0 Å². The number of sulfonamides is 1. The zero-order valence-corrected chi connectivity index (χ0v) is 18.3. The van der Waals surface area contributed by atoms with Crippen LogP contribution in [0.25, 0.3) is 0 Å². The molecule has 0 aliphatic carbocycles. The fourth-order valence-corrected chi connectivity index (χ4v) is 5.73. The van der Waals surface area contributed by atoms with Gasteiger partial charge in [-0.1, -0.05) is 13.0 Å². The van der Waals surface area contributed by atoms with E-state index in [-0.39, 0.29) is 10.9 Å². The largest absolute Gasteiger partial charge is 0.490 e. The quantitative estimate of drug-likeness (QED) is 0.749. The molecule has 1 N–H and O–H groups in total. The Morgan fingerprint density at radius 1 is 1.17 bits per heavy atom. The van der Waals surface area contributed by atoms with Crippen LogP contribution in [0.3, 0.4) is 0 Å². The molecule has 1 atom stereocenters. The second-order valence-electron chi connectivity index (χ2n) is 7.76. The molecule has 2 aliphatic heterocycles. The third-order valence-electron chi connectivity index (χ3n) is 5.63. The lowest BCUT2D eigenvalue weighted by atomic mass is 9.97. The van der Waals surface area contributed by atoms with Crippen molar-refractivity contribution < 1.29 is 17.9 Å². The Bertz CT molecular complexity index is 907. The average molecular weight is 437 g/mol. The highest BCUT2D eigenvalue weighted by Crippen LogP contribution is 2.33. The lowest BCUT2D eigenvalue weighted by Crippen LogP contribution is -2.41. The number of fused-ring (bicyclic) bond motifs is 1. The number of nitrogens with zero attached hydrogens (tertiary/aromatic N) is 1. The first-order valence-electron chi connectivity index (χ1n) is 10.2. The van der Waals surface area contributed by atoms with Crippen LogP contribution in [0, 0.1) is 5.92 Å². The molecule has 6 nitrogen and oxygen atoms in total. The van der Waals surface area contributed by atoms with E-state index in [1.165, 1.54) is 4.88 Å². The topological polar surface area (TPSA) is 67.9 Å². The summed E-state index contributed by atoms with van der Waals surface area (Å²) in [6.45, 7) is 5.73. The van der Waals surface area contributed by atoms with E-state index in [9.17, 15) is 8.42 Å². The lowest BCUT2D eigenvalue weighted by molar-refractivity contribution is 0.141. The minimum Gasteiger partial charge on any atom is -0.490 e. The Hall–Kier alpha value is -1.61. The van der Waals surface area contributed by atoms with Gasteiger partial charge >= 0.3 is 0 Å². The number of piperidine rings is 1. The normalized spacial score (nSPS) is 19.6. The van der Waals surface area contributed by atoms with E-state index in [0.29, 0.717) is 31.3 Å². The van der Waals surface area contributed by atoms with Crippen molar-refractivity contribution in [2.24, 2.45) is 5.92 Å². The Morgan fingerprint density at radius 3 is 2.66 bits per heavy atom. The zero-order valence-electron chi connectivity index (χ0n) is 16.7. The van der Waals surface area contributed by atoms with E-state index >= 15 is 0 Å². The van der Waals surface area contributed by atoms with Crippen molar-refractivity contribution in [2.75, 3.05) is 32.8 Å². The molecule has 0 amide bonds. The zero-order chi connectivity index (χ0) is 20.3. The monoisotopic (exact) mass is 436 g/mol. The fraction of sp³-hybridized carbons (Fsp3) is 0.524. The predicted octanol–water partition coefficient (Wildman–Crippen LogP) is 3.66. The number of ether oxygens (including phenoxy) is 2. The summed E-state index contributed by atoms with van der Waals surface area (Å²) >= 11 is 1.68. The van der Waals surface area contributed by atoms with Crippen molar-refractivity contribution in [3.63, 3.8) is 0 Å². The summed E-state index contributed by atoms with van der Waals surface area (Å²) in [6.07, 6.45) is 3.08. The van der Waals surface area contributed by atoms with Gasteiger partial charge in [-0.3, -0.25) is 4.90 Å². The van der Waals surface area contributed by atoms with Crippen molar-refractivity contribution in [3.8, 4) is 11.5 Å². The van der Waals surface area contributed by atoms with Gasteiger partial charge in [0.1, 0.15) is 0 Å². The smallest absolute Gasteiger partial charge is 0.240 e. The first-order valence-corrected chi connectivity index (χ1v) is 12.6. The molecule has 29 heavy (non-hydrogen) atoms. The lowest BCUT2D eigenvalue weighted by Gasteiger charge is -2.36. The maximum atomic E-state index is 13.0. The second-order valence-corrected chi connectivity index (χ2v) is 10.5. The van der Waals surface area contributed by atoms with Gasteiger partial charge in [-0.15, -0.1) is 11.3 Å². The summed E-state index contributed by atoms with van der Waals surface area (Å²) < 4.78 is 40.1. The molecular formula is C21H28N2O4S2. The van der Waals surface area contributed by atoms with Gasteiger partial charge in [0.2, 0.25) is 10.0 Å². The summed E-state index contributed by atoms with van der Waals surface area (Å²) in [7, 11) is -3.65. The molecule has 0 spiro atoms. The van der Waals surface area contributed by atoms with E-state index < -0.39 is 10.0 Å². The second kappa shape index (κ2) is 9.04. The molecule has 1 aromatic carbocycles. The molecule has 0 radical (unpaired) electrons. The van der Waals surface area contributed by atoms with Crippen LogP contribution in [0.5, 0.6) is 11.5 Å². The van der Waals surface area contributed by atoms with E-state index in [2.05, 4.69) is 22.6 Å². The first-order chi connectivity index (χ1) is 14.0. The van der Waals surface area contributed by atoms with Gasteiger partial charge in [-0.2, -0.15) is 0 Å². The van der Waals surface area contributed by atoms with Gasteiger partial charge in [0.15, 0.2) is 11.5 Å². The van der Waals surface area contributed by atoms with Crippen LogP contribution in [-0.2, 0) is 10.0 Å². The fourth-order valence-electron chi connectivity index (χ4n) is 3.81. The summed E-state index contributed by atoms with van der Waals surface area (Å²) in [5.41, 5.74) is 0. The number of benzene rings is 1. The van der Waals surface area contributed by atoms with Crippen molar-refractivity contribution >= 4 is 21.4 Å². The van der Waals surface area contributed by atoms with E-state index in [1.807, 2.05) is 11.4 Å². The van der Waals surface area contributed by atoms with Crippen LogP contribution in [-0.4, -0.2) is 46.2 Å². The average Bonchev–Trinajstić information content (AvgIpc) is 3.13. The molecule has 158 valence electrons. The third-order valence-corrected chi connectivity index (χ3v) is 8.02. The minimum atomic E-state index is -3.65. The van der Waals surface area contributed by atoms with Crippen LogP contribution in [0.2, 0.25) is 0 Å². The highest BCUT2D eigenvalue weighted by Gasteiger charge is 2.27. The van der Waals surface area contributed by atoms with Gasteiger partial charge in [-0.25, -0.2) is 13.1 Å². The number of hydrogen-bond acceptors (Lipinski definition) is 6. The van der Waals surface area contributed by atoms with Crippen LogP contribution < -0.4 is 14.2 Å². The van der Waals surface area contributed by atoms with E-state index in [1.54, 1.807) is 29.5 Å². The highest BCUT2D eigenvalue weighted by molar-refractivity contribution is 7.89. The molecule has 0 bridgehead atoms. The number of nitrogens with one attached hydrogen (secondary N) is 1. The molecule has 3 heterocycles. The molecule has 1 saturated heterocycles. The van der Waals surface area contributed by atoms with Crippen LogP contribution in [0.15, 0.2) is 40.6 Å². The minimum absolute atomic E-state index is 0.0534. The van der Waals surface area contributed by atoms with Gasteiger partial charge in [0, 0.05) is 23.9 Å². The summed E-state index contributed by atoms with van der Waals surface area (Å²) in [6, 6.07) is 8.99. The molecule has 2 aliphatic rings. The molecule has 4 rings (SSSR count). The molecule has 1 unspecified atom stereocenters. The Kier molecular flexibility index (Phi) is 6.44. The standard InChI is InChI=1S/C21H28N2O4S2/c1-16-7-9-23(10-8-16)18(21-4-2-13-28-21)15-22-29(24,25)17-5-6-19-20(14-17)27-12-3-11-26-19/h2,4-6,13-14,16,18,22H,3,7-12,15H2,1H3. The molecular weight excluding hydrogens is 408 g/mol. The van der Waals surface area contributed by atoms with E-state index in [4.69, 9.17) is 9.47 Å². The molecule has 1 aromatic heterocycles. The maximum absolute atomic E-state index is 13.0. The Balaban J connectivity index is 1.50. The van der Waals surface area contributed by atoms with Crippen molar-refractivity contribution in [1.29, 1.82) is 0 Å². The third kappa shape index (κ3) is 4.94. The summed E-state index contributed by atoms with van der Waals surface area (Å²) in [5.74, 6) is 1.82. The van der Waals surface area contributed by atoms with Gasteiger partial charge < -0.3 is 9.47 Å². The Labute approximate surface area is 176 Å². The van der Waals surface area contributed by atoms with Gasteiger partial charge in [0.05, 0.1) is 24.2 Å². The summed E-state index contributed by atoms with van der Waals surface area (Å²) in [5, 5.41) is 2.05. The molecule has 1 fully saturated rings. The first kappa shape index (κ1) is 20.7. The number of rotatable bonds is 6. The van der Waals surface area contributed by atoms with Crippen molar-refractivity contribution in [2.45, 2.75) is 37.1 Å². The highest BCUT2D eigenvalue weighted by atomic mass is 32.2. The number of thiophene rings is 1. The predicted molar refractivity (Wildman–Crippen MR) is 114 cm³/mol. The summed E-state index contributed by atoms with van der Waals surface area (Å²) in [4.78, 5) is 3.81. The van der Waals surface area contributed by atoms with Crippen molar-refractivity contribution in [1.82, 2.24) is 9.62 Å². The van der Waals surface area contributed by atoms with Gasteiger partial charge in [-0.05, 0) is 55.4 Å². The molecule has 0 saturated carbocycles. The number of likely N-dealkylation sites (tertiary alicyclic amines) is 1. The Morgan fingerprint density at radius 2 is 1.93 bits per heavy atom. The maximum Gasteiger partial charge on any atom is 0.240 e. The van der Waals surface area contributed by atoms with E-state index in [0.717, 1.165) is 38.3 Å².